The Morgan fingerprint density at radius 1 is 1.19 bits per heavy atom. The molecule has 2 aromatic carbocycles. The van der Waals surface area contributed by atoms with Gasteiger partial charge in [0.05, 0.1) is 30.6 Å². The third-order valence-electron chi connectivity index (χ3n) is 7.55. The van der Waals surface area contributed by atoms with Gasteiger partial charge in [-0.15, -0.1) is 0 Å². The molecule has 0 radical (unpaired) electrons. The molecular formula is C26H27BrClN3O5. The Morgan fingerprint density at radius 3 is 2.53 bits per heavy atom. The average Bonchev–Trinajstić information content (AvgIpc) is 3.47. The van der Waals surface area contributed by atoms with Crippen LogP contribution in [0.25, 0.3) is 0 Å². The van der Waals surface area contributed by atoms with Gasteiger partial charge in [0.2, 0.25) is 17.7 Å². The zero-order chi connectivity index (χ0) is 25.6. The number of likely N-dealkylation sites (tertiary alicyclic amines) is 1. The third-order valence-corrected chi connectivity index (χ3v) is 8.65. The Hall–Kier alpha value is -2.46. The van der Waals surface area contributed by atoms with Gasteiger partial charge < -0.3 is 25.4 Å². The molecule has 3 amide bonds. The van der Waals surface area contributed by atoms with Gasteiger partial charge in [0, 0.05) is 22.6 Å². The molecule has 1 spiro atoms. The number of benzene rings is 2. The maximum absolute atomic E-state index is 14.1. The number of aliphatic hydroxyl groups excluding tert-OH is 1. The van der Waals surface area contributed by atoms with Gasteiger partial charge in [-0.3, -0.25) is 14.4 Å². The molecule has 2 bridgehead atoms. The first-order chi connectivity index (χ1) is 17.3. The van der Waals surface area contributed by atoms with E-state index in [1.165, 1.54) is 11.9 Å². The summed E-state index contributed by atoms with van der Waals surface area (Å²) in [7, 11) is 1.53. The van der Waals surface area contributed by atoms with Gasteiger partial charge in [-0.2, -0.15) is 0 Å². The predicted octanol–water partition coefficient (Wildman–Crippen LogP) is 2.38. The standard InChI is InChI=1S/C26H27BrClN3O5/c1-29-23(33)19-20-25(35)31(17(13-32)11-14-5-3-2-4-6-14)22(26(20)12-18(27)21(19)36-26)24(34)30-16-9-7-15(28)8-10-16/h2-10,17-22,32H,11-13H2,1H3,(H,29,33)(H,30,34)/t17-,18?,19-,20+,21-,22?,26?/m1/s1. The van der Waals surface area contributed by atoms with E-state index in [9.17, 15) is 19.5 Å². The molecule has 3 N–H and O–H groups in total. The van der Waals surface area contributed by atoms with E-state index < -0.39 is 41.5 Å². The van der Waals surface area contributed by atoms with Crippen molar-refractivity contribution in [3.8, 4) is 0 Å². The lowest BCUT2D eigenvalue weighted by atomic mass is 9.70. The second-order valence-electron chi connectivity index (χ2n) is 9.55. The number of hydrogen-bond donors (Lipinski definition) is 3. The molecule has 0 aromatic heterocycles. The van der Waals surface area contributed by atoms with Crippen molar-refractivity contribution < 1.29 is 24.2 Å². The molecule has 5 rings (SSSR count). The number of hydrogen-bond acceptors (Lipinski definition) is 5. The molecule has 190 valence electrons. The number of aliphatic hydroxyl groups is 1. The summed E-state index contributed by atoms with van der Waals surface area (Å²) < 4.78 is 6.43. The molecule has 8 nitrogen and oxygen atoms in total. The number of halogens is 2. The van der Waals surface area contributed by atoms with Crippen LogP contribution in [0.4, 0.5) is 5.69 Å². The largest absolute Gasteiger partial charge is 0.394 e. The fraction of sp³-hybridized carbons (Fsp3) is 0.423. The van der Waals surface area contributed by atoms with Gasteiger partial charge in [0.1, 0.15) is 11.6 Å². The van der Waals surface area contributed by atoms with Crippen molar-refractivity contribution in [3.63, 3.8) is 0 Å². The van der Waals surface area contributed by atoms with Crippen LogP contribution in [0.5, 0.6) is 0 Å². The molecule has 3 fully saturated rings. The van der Waals surface area contributed by atoms with Crippen LogP contribution < -0.4 is 10.6 Å². The van der Waals surface area contributed by atoms with E-state index in [-0.39, 0.29) is 23.2 Å². The van der Waals surface area contributed by atoms with E-state index in [0.717, 1.165) is 5.56 Å². The summed E-state index contributed by atoms with van der Waals surface area (Å²) >= 11 is 9.63. The Morgan fingerprint density at radius 2 is 1.89 bits per heavy atom. The second kappa shape index (κ2) is 9.78. The van der Waals surface area contributed by atoms with Crippen LogP contribution in [0.1, 0.15) is 12.0 Å². The summed E-state index contributed by atoms with van der Waals surface area (Å²) in [5.41, 5.74) is 0.238. The molecule has 3 heterocycles. The molecule has 0 aliphatic carbocycles. The quantitative estimate of drug-likeness (QED) is 0.439. The Kier molecular flexibility index (Phi) is 6.84. The number of amides is 3. The van der Waals surface area contributed by atoms with Crippen LogP contribution in [0.2, 0.25) is 5.02 Å². The molecule has 0 saturated carbocycles. The van der Waals surface area contributed by atoms with Crippen molar-refractivity contribution in [2.45, 2.75) is 41.5 Å². The topological polar surface area (TPSA) is 108 Å². The number of nitrogens with one attached hydrogen (secondary N) is 2. The maximum atomic E-state index is 14.1. The van der Waals surface area contributed by atoms with E-state index in [0.29, 0.717) is 23.6 Å². The molecule has 36 heavy (non-hydrogen) atoms. The molecule has 10 heteroatoms. The smallest absolute Gasteiger partial charge is 0.250 e. The first-order valence-electron chi connectivity index (χ1n) is 11.9. The molecule has 7 atom stereocenters. The Bertz CT molecular complexity index is 1170. The number of carbonyl (C=O) groups excluding carboxylic acids is 3. The fourth-order valence-electron chi connectivity index (χ4n) is 6.11. The highest BCUT2D eigenvalue weighted by Gasteiger charge is 2.77. The van der Waals surface area contributed by atoms with E-state index in [1.807, 2.05) is 30.3 Å². The SMILES string of the molecule is CNC(=O)[C@H]1[C@@H]2OC3(CC2Br)C(C(=O)Nc2ccc(Cl)cc2)N([C@@H](CO)Cc2ccccc2)C(=O)[C@H]13. The summed E-state index contributed by atoms with van der Waals surface area (Å²) in [6.45, 7) is -0.347. The van der Waals surface area contributed by atoms with Crippen LogP contribution in [0, 0.1) is 11.8 Å². The van der Waals surface area contributed by atoms with E-state index in [4.69, 9.17) is 16.3 Å². The molecular weight excluding hydrogens is 550 g/mol. The van der Waals surface area contributed by atoms with Crippen LogP contribution in [-0.2, 0) is 25.5 Å². The van der Waals surface area contributed by atoms with Gasteiger partial charge in [0.15, 0.2) is 0 Å². The zero-order valence-electron chi connectivity index (χ0n) is 19.6. The highest BCUT2D eigenvalue weighted by molar-refractivity contribution is 9.09. The minimum atomic E-state index is -1.20. The first-order valence-corrected chi connectivity index (χ1v) is 13.2. The van der Waals surface area contributed by atoms with Crippen molar-refractivity contribution in [2.75, 3.05) is 19.0 Å². The predicted molar refractivity (Wildman–Crippen MR) is 138 cm³/mol. The highest BCUT2D eigenvalue weighted by Crippen LogP contribution is 2.60. The van der Waals surface area contributed by atoms with Crippen LogP contribution in [0.15, 0.2) is 54.6 Å². The van der Waals surface area contributed by atoms with Gasteiger partial charge in [-0.05, 0) is 42.7 Å². The summed E-state index contributed by atoms with van der Waals surface area (Å²) in [4.78, 5) is 42.1. The monoisotopic (exact) mass is 575 g/mol. The molecule has 3 unspecified atom stereocenters. The van der Waals surface area contributed by atoms with Crippen molar-refractivity contribution in [1.82, 2.24) is 10.2 Å². The summed E-state index contributed by atoms with van der Waals surface area (Å²) in [5, 5.41) is 16.5. The van der Waals surface area contributed by atoms with Crippen LogP contribution in [0.3, 0.4) is 0 Å². The zero-order valence-corrected chi connectivity index (χ0v) is 21.9. The summed E-state index contributed by atoms with van der Waals surface area (Å²) in [6, 6.07) is 14.4. The third kappa shape index (κ3) is 4.02. The van der Waals surface area contributed by atoms with Gasteiger partial charge in [-0.1, -0.05) is 57.9 Å². The van der Waals surface area contributed by atoms with Crippen molar-refractivity contribution >= 4 is 50.9 Å². The molecule has 3 aliphatic heterocycles. The maximum Gasteiger partial charge on any atom is 0.250 e. The van der Waals surface area contributed by atoms with Gasteiger partial charge in [0.25, 0.3) is 0 Å². The Balaban J connectivity index is 1.56. The van der Waals surface area contributed by atoms with E-state index >= 15 is 0 Å². The lowest BCUT2D eigenvalue weighted by Crippen LogP contribution is -2.57. The van der Waals surface area contributed by atoms with E-state index in [1.54, 1.807) is 24.3 Å². The number of alkyl halides is 1. The molecule has 3 aliphatic rings. The fourth-order valence-corrected chi connectivity index (χ4v) is 7.18. The first kappa shape index (κ1) is 25.2. The number of rotatable bonds is 7. The van der Waals surface area contributed by atoms with Crippen LogP contribution >= 0.6 is 27.5 Å². The lowest BCUT2D eigenvalue weighted by Gasteiger charge is -2.37. The highest BCUT2D eigenvalue weighted by atomic mass is 79.9. The molecule has 2 aromatic rings. The number of nitrogens with zero attached hydrogens (tertiary/aromatic N) is 1. The Labute approximate surface area is 222 Å². The van der Waals surface area contributed by atoms with Gasteiger partial charge >= 0.3 is 0 Å². The number of ether oxygens (including phenoxy) is 1. The van der Waals surface area contributed by atoms with Gasteiger partial charge in [-0.25, -0.2) is 0 Å². The minimum absolute atomic E-state index is 0.198. The number of carbonyl (C=O) groups is 3. The lowest BCUT2D eigenvalue weighted by molar-refractivity contribution is -0.143. The number of fused-ring (bicyclic) bond motifs is 1. The van der Waals surface area contributed by atoms with Crippen LogP contribution in [-0.4, -0.2) is 70.0 Å². The summed E-state index contributed by atoms with van der Waals surface area (Å²) in [5.74, 6) is -2.66. The normalized spacial score (nSPS) is 31.3. The molecule has 3 saturated heterocycles. The van der Waals surface area contributed by atoms with Crippen molar-refractivity contribution in [2.24, 2.45) is 11.8 Å². The second-order valence-corrected chi connectivity index (χ2v) is 11.2. The van der Waals surface area contributed by atoms with Crippen molar-refractivity contribution in [3.05, 3.63) is 65.2 Å². The average molecular weight is 577 g/mol. The number of anilines is 1. The summed E-state index contributed by atoms with van der Waals surface area (Å²) in [6.07, 6.45) is 0.205. The minimum Gasteiger partial charge on any atom is -0.394 e. The van der Waals surface area contributed by atoms with Crippen molar-refractivity contribution in [1.29, 1.82) is 0 Å². The van der Waals surface area contributed by atoms with E-state index in [2.05, 4.69) is 26.6 Å².